The third kappa shape index (κ3) is 6.19. The predicted octanol–water partition coefficient (Wildman–Crippen LogP) is -0.165. The highest BCUT2D eigenvalue weighted by atomic mass is 32.2. The van der Waals surface area contributed by atoms with E-state index in [0.717, 1.165) is 38.4 Å². The molecule has 0 amide bonds. The van der Waals surface area contributed by atoms with Crippen molar-refractivity contribution in [2.24, 2.45) is 11.7 Å². The standard InChI is InChI=1S/C11H23N3O4S2/c1-19(15,16)7-8-20(17,18)14-10(11(12)13)9-5-3-2-4-6-9/h9-10,14H,2-8H2,1H3,(H3,12,13). The summed E-state index contributed by atoms with van der Waals surface area (Å²) in [4.78, 5) is 0. The highest BCUT2D eigenvalue weighted by Crippen LogP contribution is 2.26. The molecule has 7 nitrogen and oxygen atoms in total. The van der Waals surface area contributed by atoms with Crippen molar-refractivity contribution < 1.29 is 16.8 Å². The van der Waals surface area contributed by atoms with Crippen LogP contribution in [0.4, 0.5) is 0 Å². The molecule has 4 N–H and O–H groups in total. The van der Waals surface area contributed by atoms with Crippen LogP contribution in [0.1, 0.15) is 32.1 Å². The van der Waals surface area contributed by atoms with Gasteiger partial charge >= 0.3 is 0 Å². The Morgan fingerprint density at radius 1 is 1.20 bits per heavy atom. The summed E-state index contributed by atoms with van der Waals surface area (Å²) in [5, 5.41) is 7.56. The van der Waals surface area contributed by atoms with Gasteiger partial charge in [0.15, 0.2) is 0 Å². The first-order valence-corrected chi connectivity index (χ1v) is 10.3. The minimum atomic E-state index is -3.76. The minimum Gasteiger partial charge on any atom is -0.386 e. The smallest absolute Gasteiger partial charge is 0.213 e. The van der Waals surface area contributed by atoms with Crippen LogP contribution in [0.2, 0.25) is 0 Å². The van der Waals surface area contributed by atoms with Crippen LogP contribution >= 0.6 is 0 Å². The quantitative estimate of drug-likeness (QED) is 0.442. The maximum atomic E-state index is 11.9. The summed E-state index contributed by atoms with van der Waals surface area (Å²) in [6.07, 6.45) is 5.77. The van der Waals surface area contributed by atoms with E-state index in [0.29, 0.717) is 0 Å². The first-order chi connectivity index (χ1) is 9.11. The lowest BCUT2D eigenvalue weighted by Gasteiger charge is -2.29. The van der Waals surface area contributed by atoms with Crippen molar-refractivity contribution in [1.29, 1.82) is 5.41 Å². The van der Waals surface area contributed by atoms with E-state index >= 15 is 0 Å². The van der Waals surface area contributed by atoms with Gasteiger partial charge in [-0.25, -0.2) is 21.6 Å². The van der Waals surface area contributed by atoms with Crippen molar-refractivity contribution in [2.45, 2.75) is 38.1 Å². The zero-order chi connectivity index (χ0) is 15.4. The fourth-order valence-corrected chi connectivity index (χ4v) is 5.31. The molecule has 9 heteroatoms. The van der Waals surface area contributed by atoms with Crippen molar-refractivity contribution in [2.75, 3.05) is 17.8 Å². The fraction of sp³-hybridized carbons (Fsp3) is 0.909. The fourth-order valence-electron chi connectivity index (χ4n) is 2.39. The third-order valence-electron chi connectivity index (χ3n) is 3.49. The van der Waals surface area contributed by atoms with Gasteiger partial charge < -0.3 is 5.73 Å². The van der Waals surface area contributed by atoms with Crippen LogP contribution in [0.15, 0.2) is 0 Å². The molecule has 0 spiro atoms. The normalized spacial score (nSPS) is 19.6. The summed E-state index contributed by atoms with van der Waals surface area (Å²) in [6.45, 7) is 0. The molecule has 0 aromatic carbocycles. The molecule has 0 heterocycles. The van der Waals surface area contributed by atoms with Gasteiger partial charge in [0.1, 0.15) is 15.7 Å². The Morgan fingerprint density at radius 2 is 1.75 bits per heavy atom. The Balaban J connectivity index is 2.71. The topological polar surface area (TPSA) is 130 Å². The van der Waals surface area contributed by atoms with Crippen molar-refractivity contribution in [1.82, 2.24) is 4.72 Å². The lowest BCUT2D eigenvalue weighted by molar-refractivity contribution is 0.328. The van der Waals surface area contributed by atoms with Gasteiger partial charge in [0.25, 0.3) is 0 Å². The molecule has 1 saturated carbocycles. The molecule has 0 saturated heterocycles. The second-order valence-electron chi connectivity index (χ2n) is 5.40. The lowest BCUT2D eigenvalue weighted by Crippen LogP contribution is -2.50. The SMILES string of the molecule is CS(=O)(=O)CCS(=O)(=O)NC(C(=N)N)C1CCCCC1. The van der Waals surface area contributed by atoms with Crippen LogP contribution in [0.25, 0.3) is 0 Å². The highest BCUT2D eigenvalue weighted by molar-refractivity contribution is 7.93. The average Bonchev–Trinajstić information content (AvgIpc) is 2.34. The number of nitrogens with one attached hydrogen (secondary N) is 2. The molecule has 1 rings (SSSR count). The molecule has 1 atom stereocenters. The zero-order valence-corrected chi connectivity index (χ0v) is 13.3. The van der Waals surface area contributed by atoms with Crippen LogP contribution in [0.5, 0.6) is 0 Å². The molecule has 20 heavy (non-hydrogen) atoms. The van der Waals surface area contributed by atoms with Gasteiger partial charge in [-0.15, -0.1) is 0 Å². The Bertz CT molecular complexity index is 536. The molecule has 0 aromatic rings. The molecule has 0 aliphatic heterocycles. The van der Waals surface area contributed by atoms with Crippen LogP contribution in [0, 0.1) is 11.3 Å². The van der Waals surface area contributed by atoms with Crippen molar-refractivity contribution in [3.05, 3.63) is 0 Å². The molecule has 0 aromatic heterocycles. The number of sulfone groups is 1. The van der Waals surface area contributed by atoms with E-state index < -0.39 is 37.4 Å². The number of hydrogen-bond acceptors (Lipinski definition) is 5. The van der Waals surface area contributed by atoms with Gasteiger partial charge in [-0.3, -0.25) is 5.41 Å². The van der Waals surface area contributed by atoms with Crippen molar-refractivity contribution in [3.63, 3.8) is 0 Å². The van der Waals surface area contributed by atoms with E-state index in [1.54, 1.807) is 0 Å². The molecule has 0 radical (unpaired) electrons. The Kier molecular flexibility index (Phi) is 5.96. The third-order valence-corrected chi connectivity index (χ3v) is 6.04. The first-order valence-electron chi connectivity index (χ1n) is 6.62. The summed E-state index contributed by atoms with van der Waals surface area (Å²) in [5.41, 5.74) is 5.49. The van der Waals surface area contributed by atoms with Gasteiger partial charge in [0.05, 0.1) is 17.5 Å². The minimum absolute atomic E-state index is 0.0225. The van der Waals surface area contributed by atoms with Crippen LogP contribution in [-0.2, 0) is 19.9 Å². The summed E-state index contributed by atoms with van der Waals surface area (Å²) in [6, 6.07) is -0.722. The first kappa shape index (κ1) is 17.4. The number of sulfonamides is 1. The number of rotatable bonds is 7. The van der Waals surface area contributed by atoms with E-state index in [9.17, 15) is 16.8 Å². The Hall–Kier alpha value is -0.670. The number of amidine groups is 1. The van der Waals surface area contributed by atoms with Crippen molar-refractivity contribution in [3.8, 4) is 0 Å². The lowest BCUT2D eigenvalue weighted by atomic mass is 9.84. The summed E-state index contributed by atoms with van der Waals surface area (Å²) in [5.74, 6) is -1.12. The Labute approximate surface area is 120 Å². The van der Waals surface area contributed by atoms with Gasteiger partial charge in [0.2, 0.25) is 10.0 Å². The van der Waals surface area contributed by atoms with E-state index in [2.05, 4.69) is 4.72 Å². The number of hydrogen-bond donors (Lipinski definition) is 3. The van der Waals surface area contributed by atoms with E-state index in [-0.39, 0.29) is 11.8 Å². The highest BCUT2D eigenvalue weighted by Gasteiger charge is 2.29. The summed E-state index contributed by atoms with van der Waals surface area (Å²) >= 11 is 0. The largest absolute Gasteiger partial charge is 0.386 e. The van der Waals surface area contributed by atoms with Gasteiger partial charge in [-0.1, -0.05) is 19.3 Å². The molecular weight excluding hydrogens is 302 g/mol. The Morgan fingerprint density at radius 3 is 2.20 bits per heavy atom. The monoisotopic (exact) mass is 325 g/mol. The van der Waals surface area contributed by atoms with Gasteiger partial charge in [-0.05, 0) is 18.8 Å². The van der Waals surface area contributed by atoms with Gasteiger partial charge in [-0.2, -0.15) is 0 Å². The van der Waals surface area contributed by atoms with E-state index in [4.69, 9.17) is 11.1 Å². The second-order valence-corrected chi connectivity index (χ2v) is 9.53. The van der Waals surface area contributed by atoms with E-state index in [1.165, 1.54) is 0 Å². The van der Waals surface area contributed by atoms with Crippen LogP contribution in [-0.4, -0.2) is 46.5 Å². The maximum absolute atomic E-state index is 11.9. The molecule has 1 fully saturated rings. The maximum Gasteiger partial charge on any atom is 0.213 e. The van der Waals surface area contributed by atoms with Crippen LogP contribution in [0.3, 0.4) is 0 Å². The van der Waals surface area contributed by atoms with Crippen molar-refractivity contribution >= 4 is 25.7 Å². The second kappa shape index (κ2) is 6.86. The zero-order valence-electron chi connectivity index (χ0n) is 11.6. The molecule has 1 aliphatic rings. The van der Waals surface area contributed by atoms with Crippen LogP contribution < -0.4 is 10.5 Å². The summed E-state index contributed by atoms with van der Waals surface area (Å²) < 4.78 is 48.3. The number of nitrogens with two attached hydrogens (primary N) is 1. The van der Waals surface area contributed by atoms with E-state index in [1.807, 2.05) is 0 Å². The molecule has 1 aliphatic carbocycles. The molecular formula is C11H23N3O4S2. The molecule has 0 bridgehead atoms. The molecule has 118 valence electrons. The molecule has 1 unspecified atom stereocenters. The van der Waals surface area contributed by atoms with Gasteiger partial charge in [0, 0.05) is 6.26 Å². The predicted molar refractivity (Wildman–Crippen MR) is 78.9 cm³/mol. The summed E-state index contributed by atoms with van der Waals surface area (Å²) in [7, 11) is -7.10. The average molecular weight is 325 g/mol.